The standard InChI is InChI=1S/C22H28N2O5S/c1-15(2)13-20(17-7-5-4-6-8-17)23-22(27)19-14-18(24-30(3,28)29)11-9-16(19)10-12-21(25)26/h4-9,11,14-15,20,24H,10,12-13H2,1-3H3,(H,23,27)(H,25,26). The van der Waals surface area contributed by atoms with E-state index < -0.39 is 16.0 Å². The lowest BCUT2D eigenvalue weighted by atomic mass is 9.95. The highest BCUT2D eigenvalue weighted by Crippen LogP contribution is 2.24. The smallest absolute Gasteiger partial charge is 0.303 e. The van der Waals surface area contributed by atoms with Gasteiger partial charge in [-0.05, 0) is 42.0 Å². The topological polar surface area (TPSA) is 113 Å². The third kappa shape index (κ3) is 7.51. The summed E-state index contributed by atoms with van der Waals surface area (Å²) in [5.74, 6) is -1.01. The van der Waals surface area contributed by atoms with Crippen molar-refractivity contribution in [3.63, 3.8) is 0 Å². The number of anilines is 1. The Kier molecular flexibility index (Phi) is 8.00. The van der Waals surface area contributed by atoms with Gasteiger partial charge in [0.25, 0.3) is 5.91 Å². The summed E-state index contributed by atoms with van der Waals surface area (Å²) in [5, 5.41) is 12.0. The van der Waals surface area contributed by atoms with E-state index in [0.717, 1.165) is 18.2 Å². The van der Waals surface area contributed by atoms with Crippen LogP contribution in [0.15, 0.2) is 48.5 Å². The third-order valence-corrected chi connectivity index (χ3v) is 5.09. The summed E-state index contributed by atoms with van der Waals surface area (Å²) in [6.07, 6.45) is 1.78. The molecule has 1 atom stereocenters. The Labute approximate surface area is 177 Å². The predicted octanol–water partition coefficient (Wildman–Crippen LogP) is 3.59. The Morgan fingerprint density at radius 1 is 1.07 bits per heavy atom. The van der Waals surface area contributed by atoms with E-state index >= 15 is 0 Å². The highest BCUT2D eigenvalue weighted by molar-refractivity contribution is 7.92. The summed E-state index contributed by atoms with van der Waals surface area (Å²) in [7, 11) is -3.52. The molecule has 0 bridgehead atoms. The minimum absolute atomic E-state index is 0.132. The first-order valence-electron chi connectivity index (χ1n) is 9.73. The maximum atomic E-state index is 13.2. The minimum atomic E-state index is -3.52. The number of hydrogen-bond donors (Lipinski definition) is 3. The van der Waals surface area contributed by atoms with Gasteiger partial charge in [-0.3, -0.25) is 14.3 Å². The molecule has 0 aliphatic heterocycles. The molecular formula is C22H28N2O5S. The van der Waals surface area contributed by atoms with Gasteiger partial charge < -0.3 is 10.4 Å². The molecule has 0 saturated carbocycles. The second-order valence-electron chi connectivity index (χ2n) is 7.71. The van der Waals surface area contributed by atoms with Crippen molar-refractivity contribution in [2.24, 2.45) is 5.92 Å². The maximum Gasteiger partial charge on any atom is 0.303 e. The van der Waals surface area contributed by atoms with E-state index in [4.69, 9.17) is 5.11 Å². The van der Waals surface area contributed by atoms with Crippen LogP contribution in [0.1, 0.15) is 54.2 Å². The predicted molar refractivity (Wildman–Crippen MR) is 117 cm³/mol. The first-order valence-corrected chi connectivity index (χ1v) is 11.6. The van der Waals surface area contributed by atoms with Crippen LogP contribution in [0.5, 0.6) is 0 Å². The summed E-state index contributed by atoms with van der Waals surface area (Å²) in [5.41, 5.74) is 2.03. The fourth-order valence-corrected chi connectivity index (χ4v) is 3.75. The molecule has 2 aromatic rings. The number of aliphatic carboxylic acids is 1. The highest BCUT2D eigenvalue weighted by Gasteiger charge is 2.20. The largest absolute Gasteiger partial charge is 0.481 e. The van der Waals surface area contributed by atoms with E-state index in [2.05, 4.69) is 23.9 Å². The zero-order valence-corrected chi connectivity index (χ0v) is 18.2. The molecular weight excluding hydrogens is 404 g/mol. The van der Waals surface area contributed by atoms with E-state index in [9.17, 15) is 18.0 Å². The van der Waals surface area contributed by atoms with Crippen molar-refractivity contribution in [2.75, 3.05) is 11.0 Å². The van der Waals surface area contributed by atoms with E-state index in [1.165, 1.54) is 12.1 Å². The first kappa shape index (κ1) is 23.4. The maximum absolute atomic E-state index is 13.2. The van der Waals surface area contributed by atoms with Crippen molar-refractivity contribution in [1.82, 2.24) is 5.32 Å². The van der Waals surface area contributed by atoms with Crippen molar-refractivity contribution in [2.45, 2.75) is 39.2 Å². The molecule has 8 heteroatoms. The molecule has 0 spiro atoms. The number of sulfonamides is 1. The second kappa shape index (κ2) is 10.2. The van der Waals surface area contributed by atoms with Gasteiger partial charge in [0, 0.05) is 17.7 Å². The van der Waals surface area contributed by atoms with E-state index in [1.807, 2.05) is 30.3 Å². The van der Waals surface area contributed by atoms with Gasteiger partial charge in [0.1, 0.15) is 0 Å². The number of aryl methyl sites for hydroxylation is 1. The summed E-state index contributed by atoms with van der Waals surface area (Å²) >= 11 is 0. The Morgan fingerprint density at radius 3 is 2.30 bits per heavy atom. The molecule has 0 aromatic heterocycles. The average Bonchev–Trinajstić information content (AvgIpc) is 2.65. The Bertz CT molecular complexity index is 988. The van der Waals surface area contributed by atoms with Crippen LogP contribution in [-0.4, -0.2) is 31.7 Å². The van der Waals surface area contributed by atoms with Crippen molar-refractivity contribution in [3.8, 4) is 0 Å². The van der Waals surface area contributed by atoms with E-state index in [0.29, 0.717) is 11.5 Å². The van der Waals surface area contributed by atoms with Gasteiger partial charge >= 0.3 is 5.97 Å². The molecule has 7 nitrogen and oxygen atoms in total. The van der Waals surface area contributed by atoms with Crippen molar-refractivity contribution >= 4 is 27.6 Å². The number of benzene rings is 2. The molecule has 0 saturated heterocycles. The number of amides is 1. The fourth-order valence-electron chi connectivity index (χ4n) is 3.20. The van der Waals surface area contributed by atoms with Crippen molar-refractivity contribution < 1.29 is 23.1 Å². The number of carboxylic acid groups (broad SMARTS) is 1. The molecule has 0 aliphatic carbocycles. The zero-order valence-electron chi connectivity index (χ0n) is 17.4. The summed E-state index contributed by atoms with van der Waals surface area (Å²) in [6.45, 7) is 4.13. The number of carboxylic acids is 1. The van der Waals surface area contributed by atoms with Crippen LogP contribution in [0.4, 0.5) is 5.69 Å². The summed E-state index contributed by atoms with van der Waals surface area (Å²) in [4.78, 5) is 24.2. The Balaban J connectivity index is 2.37. The van der Waals surface area contributed by atoms with Crippen LogP contribution in [0.3, 0.4) is 0 Å². The second-order valence-corrected chi connectivity index (χ2v) is 9.45. The van der Waals surface area contributed by atoms with Crippen molar-refractivity contribution in [1.29, 1.82) is 0 Å². The lowest BCUT2D eigenvalue weighted by Gasteiger charge is -2.22. The molecule has 2 aromatic carbocycles. The SMILES string of the molecule is CC(C)CC(NC(=O)c1cc(NS(C)(=O)=O)ccc1CCC(=O)O)c1ccccc1. The average molecular weight is 433 g/mol. The van der Waals surface area contributed by atoms with Crippen LogP contribution < -0.4 is 10.0 Å². The van der Waals surface area contributed by atoms with Crippen LogP contribution in [-0.2, 0) is 21.2 Å². The Hall–Kier alpha value is -2.87. The quantitative estimate of drug-likeness (QED) is 0.531. The lowest BCUT2D eigenvalue weighted by Crippen LogP contribution is -2.30. The van der Waals surface area contributed by atoms with Gasteiger partial charge in [-0.2, -0.15) is 0 Å². The van der Waals surface area contributed by atoms with Crippen LogP contribution >= 0.6 is 0 Å². The van der Waals surface area contributed by atoms with Crippen molar-refractivity contribution in [3.05, 3.63) is 65.2 Å². The molecule has 3 N–H and O–H groups in total. The lowest BCUT2D eigenvalue weighted by molar-refractivity contribution is -0.136. The number of carbonyl (C=O) groups excluding carboxylic acids is 1. The normalized spacial score (nSPS) is 12.4. The summed E-state index contributed by atoms with van der Waals surface area (Å²) in [6, 6.07) is 13.9. The molecule has 0 radical (unpaired) electrons. The molecule has 162 valence electrons. The first-order chi connectivity index (χ1) is 14.0. The van der Waals surface area contributed by atoms with Crippen LogP contribution in [0, 0.1) is 5.92 Å². The molecule has 0 heterocycles. The number of hydrogen-bond acceptors (Lipinski definition) is 4. The number of nitrogens with one attached hydrogen (secondary N) is 2. The van der Waals surface area contributed by atoms with E-state index in [-0.39, 0.29) is 36.0 Å². The molecule has 1 unspecified atom stereocenters. The molecule has 2 rings (SSSR count). The zero-order chi connectivity index (χ0) is 22.3. The van der Waals surface area contributed by atoms with E-state index in [1.54, 1.807) is 6.07 Å². The van der Waals surface area contributed by atoms with Gasteiger partial charge in [-0.15, -0.1) is 0 Å². The molecule has 0 fully saturated rings. The van der Waals surface area contributed by atoms with Crippen LogP contribution in [0.2, 0.25) is 0 Å². The van der Waals surface area contributed by atoms with Gasteiger partial charge in [-0.25, -0.2) is 8.42 Å². The third-order valence-electron chi connectivity index (χ3n) is 4.48. The number of rotatable bonds is 10. The monoisotopic (exact) mass is 432 g/mol. The number of carbonyl (C=O) groups is 2. The van der Waals surface area contributed by atoms with Gasteiger partial charge in [0.15, 0.2) is 0 Å². The fraction of sp³-hybridized carbons (Fsp3) is 0.364. The molecule has 30 heavy (non-hydrogen) atoms. The van der Waals surface area contributed by atoms with Crippen LogP contribution in [0.25, 0.3) is 0 Å². The Morgan fingerprint density at radius 2 is 1.73 bits per heavy atom. The van der Waals surface area contributed by atoms with Gasteiger partial charge in [0.2, 0.25) is 10.0 Å². The molecule has 1 amide bonds. The van der Waals surface area contributed by atoms with Gasteiger partial charge in [0.05, 0.1) is 12.3 Å². The minimum Gasteiger partial charge on any atom is -0.481 e. The highest BCUT2D eigenvalue weighted by atomic mass is 32.2. The summed E-state index contributed by atoms with van der Waals surface area (Å²) < 4.78 is 25.5. The van der Waals surface area contributed by atoms with Gasteiger partial charge in [-0.1, -0.05) is 50.2 Å². The molecule has 0 aliphatic rings.